The highest BCUT2D eigenvalue weighted by Crippen LogP contribution is 2.38. The zero-order valence-corrected chi connectivity index (χ0v) is 20.9. The number of aryl methyl sites for hydroxylation is 1. The minimum atomic E-state index is -0.947. The Labute approximate surface area is 215 Å². The van der Waals surface area contributed by atoms with Crippen molar-refractivity contribution < 1.29 is 23.9 Å². The van der Waals surface area contributed by atoms with Crippen LogP contribution in [0.3, 0.4) is 0 Å². The van der Waals surface area contributed by atoms with Crippen LogP contribution >= 0.6 is 0 Å². The molecule has 0 fully saturated rings. The molecule has 3 aromatic carbocycles. The van der Waals surface area contributed by atoms with E-state index in [9.17, 15) is 14.4 Å². The Morgan fingerprint density at radius 3 is 2.54 bits per heavy atom. The van der Waals surface area contributed by atoms with Crippen molar-refractivity contribution in [1.29, 1.82) is 0 Å². The summed E-state index contributed by atoms with van der Waals surface area (Å²) in [6, 6.07) is 19.6. The molecule has 1 atom stereocenters. The normalized spacial score (nSPS) is 14.4. The highest BCUT2D eigenvalue weighted by molar-refractivity contribution is 6.05. The smallest absolute Gasteiger partial charge is 0.308 e. The predicted octanol–water partition coefficient (Wildman–Crippen LogP) is 5.14. The van der Waals surface area contributed by atoms with Crippen LogP contribution in [0.25, 0.3) is 0 Å². The van der Waals surface area contributed by atoms with Crippen molar-refractivity contribution >= 4 is 29.4 Å². The second-order valence-electron chi connectivity index (χ2n) is 8.57. The van der Waals surface area contributed by atoms with E-state index in [0.717, 1.165) is 11.1 Å². The number of rotatable bonds is 7. The van der Waals surface area contributed by atoms with Crippen LogP contribution in [0, 0.1) is 6.92 Å². The molecule has 0 saturated heterocycles. The zero-order valence-electron chi connectivity index (χ0n) is 20.9. The predicted molar refractivity (Wildman–Crippen MR) is 140 cm³/mol. The average Bonchev–Trinajstić information content (AvgIpc) is 3.31. The molecule has 1 aliphatic heterocycles. The first-order valence-electron chi connectivity index (χ1n) is 11.7. The minimum Gasteiger partial charge on any atom is -0.446 e. The Morgan fingerprint density at radius 2 is 1.84 bits per heavy atom. The van der Waals surface area contributed by atoms with Gasteiger partial charge in [-0.2, -0.15) is 5.01 Å². The first-order valence-corrected chi connectivity index (χ1v) is 11.7. The number of carbonyl (C=O) groups excluding carboxylic acids is 3. The average molecular weight is 498 g/mol. The van der Waals surface area contributed by atoms with Crippen LogP contribution < -0.4 is 10.1 Å². The maximum atomic E-state index is 12.7. The third-order valence-corrected chi connectivity index (χ3v) is 5.62. The summed E-state index contributed by atoms with van der Waals surface area (Å²) in [5, 5.41) is 8.49. The van der Waals surface area contributed by atoms with Gasteiger partial charge in [-0.3, -0.25) is 14.4 Å². The molecule has 3 aromatic rings. The summed E-state index contributed by atoms with van der Waals surface area (Å²) in [5.74, 6) is -0.602. The van der Waals surface area contributed by atoms with Crippen LogP contribution in [-0.2, 0) is 20.7 Å². The van der Waals surface area contributed by atoms with Crippen molar-refractivity contribution in [2.75, 3.05) is 5.32 Å². The number of hydrogen-bond donors (Lipinski definition) is 1. The summed E-state index contributed by atoms with van der Waals surface area (Å²) in [7, 11) is 0. The van der Waals surface area contributed by atoms with E-state index in [1.54, 1.807) is 54.6 Å². The second-order valence-corrected chi connectivity index (χ2v) is 8.57. The molecule has 0 spiro atoms. The molecule has 0 aliphatic carbocycles. The Hall–Kier alpha value is -4.72. The molecule has 0 bridgehead atoms. The van der Waals surface area contributed by atoms with Gasteiger partial charge in [-0.15, -0.1) is 11.7 Å². The number of benzene rings is 3. The lowest BCUT2D eigenvalue weighted by Gasteiger charge is -2.22. The van der Waals surface area contributed by atoms with Gasteiger partial charge in [0.05, 0.1) is 5.56 Å². The molecular weight excluding hydrogens is 470 g/mol. The monoisotopic (exact) mass is 497 g/mol. The summed E-state index contributed by atoms with van der Waals surface area (Å²) in [6.45, 7) is 8.37. The SMILES string of the molecule is C=CCc1cccc([C@H]2OC(c3cccc(NC(=O)c4cccc(C)c4)c3)=NN2C(C)=O)c1OC(C)=O. The Balaban J connectivity index is 1.64. The Bertz CT molecular complexity index is 1410. The number of allylic oxidation sites excluding steroid dienone is 1. The highest BCUT2D eigenvalue weighted by atomic mass is 16.5. The number of amides is 2. The van der Waals surface area contributed by atoms with Gasteiger partial charge in [0, 0.05) is 30.7 Å². The van der Waals surface area contributed by atoms with Crippen molar-refractivity contribution in [3.05, 3.63) is 107 Å². The van der Waals surface area contributed by atoms with Gasteiger partial charge in [0.1, 0.15) is 5.75 Å². The van der Waals surface area contributed by atoms with Crippen molar-refractivity contribution in [2.24, 2.45) is 5.10 Å². The van der Waals surface area contributed by atoms with Crippen LogP contribution in [0.5, 0.6) is 5.75 Å². The van der Waals surface area contributed by atoms with Crippen LogP contribution in [0.2, 0.25) is 0 Å². The number of hydrogen-bond acceptors (Lipinski definition) is 6. The highest BCUT2D eigenvalue weighted by Gasteiger charge is 2.36. The lowest BCUT2D eigenvalue weighted by Crippen LogP contribution is -2.26. The molecular formula is C29H27N3O5. The molecule has 1 heterocycles. The number of hydrazone groups is 1. The Kier molecular flexibility index (Phi) is 7.48. The van der Waals surface area contributed by atoms with Gasteiger partial charge in [-0.05, 0) is 55.3 Å². The molecule has 8 heteroatoms. The zero-order chi connectivity index (χ0) is 26.5. The van der Waals surface area contributed by atoms with E-state index < -0.39 is 12.2 Å². The summed E-state index contributed by atoms with van der Waals surface area (Å²) < 4.78 is 11.7. The molecule has 188 valence electrons. The Morgan fingerprint density at radius 1 is 1.08 bits per heavy atom. The number of ether oxygens (including phenoxy) is 2. The van der Waals surface area contributed by atoms with Gasteiger partial charge < -0.3 is 14.8 Å². The van der Waals surface area contributed by atoms with E-state index >= 15 is 0 Å². The topological polar surface area (TPSA) is 97.3 Å². The van der Waals surface area contributed by atoms with Gasteiger partial charge in [-0.25, -0.2) is 0 Å². The number of nitrogens with zero attached hydrogens (tertiary/aromatic N) is 2. The number of carbonyl (C=O) groups is 3. The molecule has 37 heavy (non-hydrogen) atoms. The second kappa shape index (κ2) is 10.9. The van der Waals surface area contributed by atoms with E-state index in [4.69, 9.17) is 9.47 Å². The van der Waals surface area contributed by atoms with E-state index in [1.807, 2.05) is 25.1 Å². The van der Waals surface area contributed by atoms with Gasteiger partial charge >= 0.3 is 5.97 Å². The molecule has 0 unspecified atom stereocenters. The first kappa shape index (κ1) is 25.4. The first-order chi connectivity index (χ1) is 17.8. The van der Waals surface area contributed by atoms with Crippen LogP contribution in [-0.4, -0.2) is 28.7 Å². The van der Waals surface area contributed by atoms with Gasteiger partial charge in [-0.1, -0.05) is 42.0 Å². The maximum absolute atomic E-state index is 12.7. The van der Waals surface area contributed by atoms with Crippen molar-refractivity contribution in [2.45, 2.75) is 33.4 Å². The van der Waals surface area contributed by atoms with Crippen LogP contribution in [0.15, 0.2) is 84.5 Å². The molecule has 1 aliphatic rings. The minimum absolute atomic E-state index is 0.190. The largest absolute Gasteiger partial charge is 0.446 e. The molecule has 1 N–H and O–H groups in total. The number of nitrogens with one attached hydrogen (secondary N) is 1. The fraction of sp³-hybridized carbons (Fsp3) is 0.172. The van der Waals surface area contributed by atoms with Crippen LogP contribution in [0.4, 0.5) is 5.69 Å². The molecule has 0 saturated carbocycles. The van der Waals surface area contributed by atoms with E-state index in [0.29, 0.717) is 34.5 Å². The van der Waals surface area contributed by atoms with Crippen molar-refractivity contribution in [1.82, 2.24) is 5.01 Å². The summed E-state index contributed by atoms with van der Waals surface area (Å²) in [5.41, 5.74) is 3.83. The molecule has 2 amide bonds. The van der Waals surface area contributed by atoms with E-state index in [2.05, 4.69) is 17.0 Å². The van der Waals surface area contributed by atoms with E-state index in [1.165, 1.54) is 18.9 Å². The number of para-hydroxylation sites is 1. The number of esters is 1. The lowest BCUT2D eigenvalue weighted by atomic mass is 10.0. The standard InChI is InChI=1S/C29H27N3O5/c1-5-9-21-11-8-15-25(26(21)36-20(4)34)29-32(19(3)33)31-28(37-29)23-13-7-14-24(17-23)30-27(35)22-12-6-10-18(2)16-22/h5-8,10-17,29H,1,9H2,2-4H3,(H,30,35)/t29-/m1/s1. The third kappa shape index (κ3) is 5.75. The molecule has 0 radical (unpaired) electrons. The maximum Gasteiger partial charge on any atom is 0.308 e. The van der Waals surface area contributed by atoms with Gasteiger partial charge in [0.2, 0.25) is 18.0 Å². The lowest BCUT2D eigenvalue weighted by molar-refractivity contribution is -0.135. The van der Waals surface area contributed by atoms with Gasteiger partial charge in [0.25, 0.3) is 5.91 Å². The number of anilines is 1. The van der Waals surface area contributed by atoms with Gasteiger partial charge in [0.15, 0.2) is 0 Å². The fourth-order valence-corrected chi connectivity index (χ4v) is 3.99. The fourth-order valence-electron chi connectivity index (χ4n) is 3.99. The third-order valence-electron chi connectivity index (χ3n) is 5.62. The van der Waals surface area contributed by atoms with Crippen molar-refractivity contribution in [3.63, 3.8) is 0 Å². The molecule has 8 nitrogen and oxygen atoms in total. The quantitative estimate of drug-likeness (QED) is 0.277. The van der Waals surface area contributed by atoms with Crippen molar-refractivity contribution in [3.8, 4) is 5.75 Å². The summed E-state index contributed by atoms with van der Waals surface area (Å²) in [6.07, 6.45) is 1.21. The van der Waals surface area contributed by atoms with Crippen LogP contribution in [0.1, 0.15) is 52.7 Å². The summed E-state index contributed by atoms with van der Waals surface area (Å²) in [4.78, 5) is 37.1. The van der Waals surface area contributed by atoms with E-state index in [-0.39, 0.29) is 17.7 Å². The summed E-state index contributed by atoms with van der Waals surface area (Å²) >= 11 is 0. The molecule has 4 rings (SSSR count). The molecule has 0 aromatic heterocycles.